The molecule has 8 heteroatoms. The minimum absolute atomic E-state index is 0.212. The first kappa shape index (κ1) is 13.9. The van der Waals surface area contributed by atoms with Crippen LogP contribution in [0.5, 0.6) is 0 Å². The van der Waals surface area contributed by atoms with Gasteiger partial charge in [-0.3, -0.25) is 15.0 Å². The smallest absolute Gasteiger partial charge is 0.320 e. The van der Waals surface area contributed by atoms with E-state index in [1.54, 1.807) is 18.3 Å². The van der Waals surface area contributed by atoms with Gasteiger partial charge in [0.2, 0.25) is 0 Å². The van der Waals surface area contributed by atoms with Gasteiger partial charge in [-0.25, -0.2) is 13.6 Å². The number of carbonyl (C=O) groups is 1. The van der Waals surface area contributed by atoms with Crippen molar-refractivity contribution in [2.24, 2.45) is 0 Å². The van der Waals surface area contributed by atoms with E-state index in [0.717, 1.165) is 4.68 Å². The van der Waals surface area contributed by atoms with Crippen LogP contribution in [0.3, 0.4) is 0 Å². The minimum atomic E-state index is -2.49. The molecular weight excluding hydrogens is 268 g/mol. The lowest BCUT2D eigenvalue weighted by Crippen LogP contribution is -2.28. The third-order valence-electron chi connectivity index (χ3n) is 2.36. The Bertz CT molecular complexity index is 558. The van der Waals surface area contributed by atoms with Crippen LogP contribution in [0.2, 0.25) is 0 Å². The molecule has 0 spiro atoms. The van der Waals surface area contributed by atoms with E-state index >= 15 is 0 Å². The number of halogens is 2. The zero-order chi connectivity index (χ0) is 14.4. The number of alkyl halides is 2. The van der Waals surface area contributed by atoms with Crippen LogP contribution in [0.4, 0.5) is 19.4 Å². The Morgan fingerprint density at radius 1 is 1.35 bits per heavy atom. The topological polar surface area (TPSA) is 71.8 Å². The Labute approximate surface area is 113 Å². The molecule has 20 heavy (non-hydrogen) atoms. The highest BCUT2D eigenvalue weighted by molar-refractivity contribution is 5.87. The largest absolute Gasteiger partial charge is 0.332 e. The second kappa shape index (κ2) is 6.60. The molecule has 0 fully saturated rings. The van der Waals surface area contributed by atoms with Gasteiger partial charge in [-0.05, 0) is 12.1 Å². The van der Waals surface area contributed by atoms with Gasteiger partial charge in [0.1, 0.15) is 6.54 Å². The number of carbonyl (C=O) groups excluding carboxylic acids is 1. The standard InChI is InChI=1S/C12H13F2N5O/c13-10(14)8-19-6-4-11(18-19)17-12(20)16-7-9-3-1-2-5-15-9/h1-6,10H,7-8H2,(H2,16,17,18,20). The highest BCUT2D eigenvalue weighted by Crippen LogP contribution is 2.04. The normalized spacial score (nSPS) is 10.6. The predicted molar refractivity (Wildman–Crippen MR) is 68.3 cm³/mol. The SMILES string of the molecule is O=C(NCc1ccccn1)Nc1ccn(CC(F)F)n1. The van der Waals surface area contributed by atoms with Gasteiger partial charge in [0.05, 0.1) is 12.2 Å². The molecule has 2 rings (SSSR count). The summed E-state index contributed by atoms with van der Waals surface area (Å²) in [5.74, 6) is 0.212. The van der Waals surface area contributed by atoms with E-state index < -0.39 is 19.0 Å². The van der Waals surface area contributed by atoms with E-state index in [-0.39, 0.29) is 12.4 Å². The first-order chi connectivity index (χ1) is 9.63. The van der Waals surface area contributed by atoms with Crippen LogP contribution in [0.25, 0.3) is 0 Å². The molecule has 0 saturated heterocycles. The zero-order valence-corrected chi connectivity index (χ0v) is 10.5. The van der Waals surface area contributed by atoms with E-state index in [2.05, 4.69) is 20.7 Å². The summed E-state index contributed by atoms with van der Waals surface area (Å²) in [7, 11) is 0. The monoisotopic (exact) mass is 281 g/mol. The minimum Gasteiger partial charge on any atom is -0.332 e. The fraction of sp³-hybridized carbons (Fsp3) is 0.250. The number of pyridine rings is 1. The maximum Gasteiger partial charge on any atom is 0.320 e. The number of hydrogen-bond acceptors (Lipinski definition) is 3. The number of hydrogen-bond donors (Lipinski definition) is 2. The lowest BCUT2D eigenvalue weighted by Gasteiger charge is -2.05. The number of urea groups is 1. The van der Waals surface area contributed by atoms with Gasteiger partial charge >= 0.3 is 6.03 Å². The maximum atomic E-state index is 12.1. The number of nitrogens with zero attached hydrogens (tertiary/aromatic N) is 3. The summed E-state index contributed by atoms with van der Waals surface area (Å²) in [6, 6.07) is 6.34. The van der Waals surface area contributed by atoms with Gasteiger partial charge in [0.15, 0.2) is 5.82 Å². The van der Waals surface area contributed by atoms with Crippen LogP contribution in [-0.2, 0) is 13.1 Å². The second-order valence-corrected chi connectivity index (χ2v) is 3.94. The van der Waals surface area contributed by atoms with Gasteiger partial charge in [-0.2, -0.15) is 5.10 Å². The Hall–Kier alpha value is -2.51. The number of rotatable bonds is 5. The molecule has 0 aliphatic carbocycles. The van der Waals surface area contributed by atoms with Crippen molar-refractivity contribution in [3.8, 4) is 0 Å². The molecule has 106 valence electrons. The predicted octanol–water partition coefficient (Wildman–Crippen LogP) is 1.86. The van der Waals surface area contributed by atoms with Gasteiger partial charge < -0.3 is 5.32 Å². The van der Waals surface area contributed by atoms with Crippen LogP contribution in [-0.4, -0.2) is 27.2 Å². The van der Waals surface area contributed by atoms with Crippen LogP contribution in [0.15, 0.2) is 36.7 Å². The molecule has 0 aliphatic rings. The molecule has 6 nitrogen and oxygen atoms in total. The molecule has 0 bridgehead atoms. The molecular formula is C12H13F2N5O. The highest BCUT2D eigenvalue weighted by atomic mass is 19.3. The Morgan fingerprint density at radius 2 is 2.20 bits per heavy atom. The van der Waals surface area contributed by atoms with E-state index in [4.69, 9.17) is 0 Å². The first-order valence-electron chi connectivity index (χ1n) is 5.90. The quantitative estimate of drug-likeness (QED) is 0.878. The first-order valence-corrected chi connectivity index (χ1v) is 5.90. The number of anilines is 1. The summed E-state index contributed by atoms with van der Waals surface area (Å²) < 4.78 is 25.3. The Kier molecular flexibility index (Phi) is 4.59. The summed E-state index contributed by atoms with van der Waals surface area (Å²) in [5.41, 5.74) is 0.714. The highest BCUT2D eigenvalue weighted by Gasteiger charge is 2.08. The van der Waals surface area contributed by atoms with E-state index in [1.807, 2.05) is 6.07 Å². The van der Waals surface area contributed by atoms with Crippen molar-refractivity contribution < 1.29 is 13.6 Å². The fourth-order valence-electron chi connectivity index (χ4n) is 1.51. The van der Waals surface area contributed by atoms with Crippen LogP contribution < -0.4 is 10.6 Å². The summed E-state index contributed by atoms with van der Waals surface area (Å²) in [6.45, 7) is -0.234. The molecule has 0 atom stereocenters. The molecule has 0 unspecified atom stereocenters. The number of aromatic nitrogens is 3. The molecule has 0 saturated carbocycles. The molecule has 0 radical (unpaired) electrons. The molecule has 2 amide bonds. The van der Waals surface area contributed by atoms with Crippen molar-refractivity contribution >= 4 is 11.8 Å². The zero-order valence-electron chi connectivity index (χ0n) is 10.5. The van der Waals surface area contributed by atoms with Crippen molar-refractivity contribution in [1.29, 1.82) is 0 Å². The van der Waals surface area contributed by atoms with Crippen molar-refractivity contribution in [3.63, 3.8) is 0 Å². The lowest BCUT2D eigenvalue weighted by molar-refractivity contribution is 0.122. The van der Waals surface area contributed by atoms with Gasteiger partial charge in [0, 0.05) is 18.5 Å². The Morgan fingerprint density at radius 3 is 2.90 bits per heavy atom. The van der Waals surface area contributed by atoms with Crippen molar-refractivity contribution in [2.75, 3.05) is 5.32 Å². The van der Waals surface area contributed by atoms with E-state index in [1.165, 1.54) is 12.3 Å². The molecule has 2 aromatic rings. The summed E-state index contributed by atoms with van der Waals surface area (Å²) >= 11 is 0. The van der Waals surface area contributed by atoms with Gasteiger partial charge in [0.25, 0.3) is 6.43 Å². The molecule has 0 aliphatic heterocycles. The average molecular weight is 281 g/mol. The third-order valence-corrected chi connectivity index (χ3v) is 2.36. The lowest BCUT2D eigenvalue weighted by atomic mass is 10.3. The van der Waals surface area contributed by atoms with Crippen LogP contribution in [0.1, 0.15) is 5.69 Å². The average Bonchev–Trinajstić information content (AvgIpc) is 2.84. The van der Waals surface area contributed by atoms with Crippen molar-refractivity contribution in [1.82, 2.24) is 20.1 Å². The van der Waals surface area contributed by atoms with Gasteiger partial charge in [-0.1, -0.05) is 6.07 Å². The van der Waals surface area contributed by atoms with Crippen LogP contribution >= 0.6 is 0 Å². The van der Waals surface area contributed by atoms with E-state index in [0.29, 0.717) is 5.69 Å². The molecule has 2 heterocycles. The molecule has 2 N–H and O–H groups in total. The van der Waals surface area contributed by atoms with E-state index in [9.17, 15) is 13.6 Å². The van der Waals surface area contributed by atoms with Crippen molar-refractivity contribution in [3.05, 3.63) is 42.4 Å². The number of nitrogens with one attached hydrogen (secondary N) is 2. The van der Waals surface area contributed by atoms with Crippen molar-refractivity contribution in [2.45, 2.75) is 19.5 Å². The van der Waals surface area contributed by atoms with Crippen LogP contribution in [0, 0.1) is 0 Å². The number of amides is 2. The summed E-state index contributed by atoms with van der Waals surface area (Å²) in [5, 5.41) is 8.83. The molecule has 0 aromatic carbocycles. The second-order valence-electron chi connectivity index (χ2n) is 3.94. The summed E-state index contributed by atoms with van der Waals surface area (Å²) in [6.07, 6.45) is 0.516. The fourth-order valence-corrected chi connectivity index (χ4v) is 1.51. The van der Waals surface area contributed by atoms with Gasteiger partial charge in [-0.15, -0.1) is 0 Å². The summed E-state index contributed by atoms with van der Waals surface area (Å²) in [4.78, 5) is 15.6. The maximum absolute atomic E-state index is 12.1. The molecule has 2 aromatic heterocycles. The Balaban J connectivity index is 1.81. The third kappa shape index (κ3) is 4.30.